The van der Waals surface area contributed by atoms with Gasteiger partial charge in [0.15, 0.2) is 0 Å². The maximum atomic E-state index is 11.7. The monoisotopic (exact) mass is 386 g/mol. The minimum absolute atomic E-state index is 0.229. The van der Waals surface area contributed by atoms with E-state index in [0.717, 1.165) is 29.5 Å². The fourth-order valence-corrected chi connectivity index (χ4v) is 3.17. The van der Waals surface area contributed by atoms with E-state index in [4.69, 9.17) is 9.84 Å². The predicted octanol–water partition coefficient (Wildman–Crippen LogP) is 4.51. The number of benzene rings is 2. The maximum Gasteiger partial charge on any atom is 0.338 e. The molecule has 29 heavy (non-hydrogen) atoms. The van der Waals surface area contributed by atoms with Gasteiger partial charge < -0.3 is 9.84 Å². The summed E-state index contributed by atoms with van der Waals surface area (Å²) in [5, 5.41) is 8.83. The highest BCUT2D eigenvalue weighted by Gasteiger charge is 2.17. The van der Waals surface area contributed by atoms with Gasteiger partial charge in [0.25, 0.3) is 0 Å². The van der Waals surface area contributed by atoms with E-state index in [9.17, 15) is 9.59 Å². The summed E-state index contributed by atoms with van der Waals surface area (Å²) in [5.41, 5.74) is 6.46. The lowest BCUT2D eigenvalue weighted by atomic mass is 9.84. The van der Waals surface area contributed by atoms with Crippen LogP contribution in [0.2, 0.25) is 0 Å². The molecule has 0 spiro atoms. The molecule has 1 aliphatic carbocycles. The highest BCUT2D eigenvalue weighted by Crippen LogP contribution is 2.36. The molecule has 0 fully saturated rings. The summed E-state index contributed by atoms with van der Waals surface area (Å²) in [4.78, 5) is 22.5. The first-order valence-corrected chi connectivity index (χ1v) is 9.36. The maximum absolute atomic E-state index is 11.7. The van der Waals surface area contributed by atoms with E-state index < -0.39 is 11.9 Å². The average Bonchev–Trinajstić information content (AvgIpc) is 2.70. The van der Waals surface area contributed by atoms with E-state index in [2.05, 4.69) is 30.6 Å². The van der Waals surface area contributed by atoms with Crippen molar-refractivity contribution in [1.82, 2.24) is 0 Å². The van der Waals surface area contributed by atoms with Gasteiger partial charge >= 0.3 is 11.9 Å². The minimum atomic E-state index is -0.954. The van der Waals surface area contributed by atoms with Gasteiger partial charge in [0.2, 0.25) is 0 Å². The van der Waals surface area contributed by atoms with Crippen LogP contribution in [-0.4, -0.2) is 17.0 Å². The molecule has 0 bridgehead atoms. The van der Waals surface area contributed by atoms with Gasteiger partial charge in [0, 0.05) is 17.6 Å². The van der Waals surface area contributed by atoms with E-state index in [1.165, 1.54) is 24.1 Å². The van der Waals surface area contributed by atoms with Crippen LogP contribution < -0.4 is 4.74 Å². The molecule has 0 saturated carbocycles. The Morgan fingerprint density at radius 3 is 2.41 bits per heavy atom. The number of hydrogen-bond donors (Lipinski definition) is 1. The predicted molar refractivity (Wildman–Crippen MR) is 113 cm³/mol. The van der Waals surface area contributed by atoms with Crippen molar-refractivity contribution in [2.24, 2.45) is 0 Å². The van der Waals surface area contributed by atoms with Crippen molar-refractivity contribution >= 4 is 11.9 Å². The molecule has 2 aromatic rings. The fourth-order valence-electron chi connectivity index (χ4n) is 3.17. The summed E-state index contributed by atoms with van der Waals surface area (Å²) in [6.45, 7) is 6.76. The summed E-state index contributed by atoms with van der Waals surface area (Å²) in [6, 6.07) is 12.0. The van der Waals surface area contributed by atoms with Crippen molar-refractivity contribution in [3.05, 3.63) is 76.9 Å². The van der Waals surface area contributed by atoms with E-state index >= 15 is 0 Å². The molecule has 0 aromatic heterocycles. The Bertz CT molecular complexity index is 1090. The zero-order valence-corrected chi connectivity index (χ0v) is 16.5. The second-order valence-corrected chi connectivity index (χ2v) is 7.11. The van der Waals surface area contributed by atoms with Gasteiger partial charge in [0.1, 0.15) is 5.75 Å². The Balaban J connectivity index is 1.78. The van der Waals surface area contributed by atoms with Gasteiger partial charge in [-0.1, -0.05) is 42.7 Å². The van der Waals surface area contributed by atoms with Crippen LogP contribution in [0.15, 0.2) is 60.2 Å². The van der Waals surface area contributed by atoms with Crippen molar-refractivity contribution < 1.29 is 19.4 Å². The van der Waals surface area contributed by atoms with Crippen LogP contribution in [0, 0.1) is 11.8 Å². The Morgan fingerprint density at radius 1 is 1.10 bits per heavy atom. The number of carboxylic acid groups (broad SMARTS) is 1. The summed E-state index contributed by atoms with van der Waals surface area (Å²) < 4.78 is 5.34. The van der Waals surface area contributed by atoms with Crippen LogP contribution in [0.1, 0.15) is 30.5 Å². The third-order valence-electron chi connectivity index (χ3n) is 4.78. The number of carbonyl (C=O) groups is 2. The molecule has 0 amide bonds. The van der Waals surface area contributed by atoms with E-state index in [-0.39, 0.29) is 5.57 Å². The normalized spacial score (nSPS) is 12.1. The molecule has 0 atom stereocenters. The second kappa shape index (κ2) is 8.62. The lowest BCUT2D eigenvalue weighted by Gasteiger charge is -2.21. The number of carbonyl (C=O) groups excluding carboxylic acids is 1. The smallest absolute Gasteiger partial charge is 0.338 e. The lowest BCUT2D eigenvalue weighted by molar-refractivity contribution is -0.132. The van der Waals surface area contributed by atoms with Gasteiger partial charge in [-0.2, -0.15) is 0 Å². The van der Waals surface area contributed by atoms with E-state index in [0.29, 0.717) is 17.7 Å². The highest BCUT2D eigenvalue weighted by atomic mass is 16.5. The highest BCUT2D eigenvalue weighted by molar-refractivity contribution is 5.89. The van der Waals surface area contributed by atoms with Gasteiger partial charge in [-0.15, -0.1) is 0 Å². The zero-order valence-electron chi connectivity index (χ0n) is 16.5. The molecular weight excluding hydrogens is 364 g/mol. The second-order valence-electron chi connectivity index (χ2n) is 7.11. The number of fused-ring (bicyclic) bond motifs is 3. The molecule has 3 rings (SSSR count). The lowest BCUT2D eigenvalue weighted by Crippen LogP contribution is -2.10. The van der Waals surface area contributed by atoms with Crippen LogP contribution in [0.5, 0.6) is 5.75 Å². The number of ether oxygens (including phenoxy) is 1. The van der Waals surface area contributed by atoms with E-state index in [1.807, 2.05) is 24.3 Å². The molecule has 0 heterocycles. The Kier molecular flexibility index (Phi) is 5.99. The van der Waals surface area contributed by atoms with Crippen LogP contribution in [-0.2, 0) is 28.9 Å². The van der Waals surface area contributed by atoms with Crippen molar-refractivity contribution in [3.63, 3.8) is 0 Å². The first kappa shape index (κ1) is 20.2. The largest absolute Gasteiger partial charge is 0.478 e. The van der Waals surface area contributed by atoms with Crippen molar-refractivity contribution in [2.75, 3.05) is 0 Å². The van der Waals surface area contributed by atoms with Gasteiger partial charge in [-0.25, -0.2) is 9.59 Å². The average molecular weight is 386 g/mol. The summed E-state index contributed by atoms with van der Waals surface area (Å²) in [5.74, 6) is 4.97. The topological polar surface area (TPSA) is 63.6 Å². The number of allylic oxidation sites excluding steroid dienone is 1. The SMILES string of the molecule is C=C(C)C(=O)Oc1ccc2c(c1)CCc1cc(CC#C/C=C(\C)C(=O)O)ccc1-2. The van der Waals surface area contributed by atoms with Crippen LogP contribution in [0.3, 0.4) is 0 Å². The van der Waals surface area contributed by atoms with Gasteiger partial charge in [0.05, 0.1) is 0 Å². The standard InChI is InChI=1S/C25H22O4/c1-16(2)25(28)29-21-11-13-23-20(15-21)10-9-19-14-18(8-12-22(19)23)7-5-4-6-17(3)24(26)27/h6,8,11-15H,1,7,9-10H2,2-3H3,(H,26,27)/b17-6+. The van der Waals surface area contributed by atoms with Crippen LogP contribution in [0.4, 0.5) is 0 Å². The van der Waals surface area contributed by atoms with Crippen molar-refractivity contribution in [1.29, 1.82) is 0 Å². The van der Waals surface area contributed by atoms with Crippen molar-refractivity contribution in [2.45, 2.75) is 33.1 Å². The van der Waals surface area contributed by atoms with Crippen LogP contribution in [0.25, 0.3) is 11.1 Å². The molecule has 1 aliphatic rings. The molecular formula is C25H22O4. The zero-order chi connectivity index (χ0) is 21.0. The van der Waals surface area contributed by atoms with Gasteiger partial charge in [-0.3, -0.25) is 0 Å². The molecule has 0 unspecified atom stereocenters. The first-order valence-electron chi connectivity index (χ1n) is 9.36. The Labute approximate surface area is 170 Å². The summed E-state index contributed by atoms with van der Waals surface area (Å²) in [7, 11) is 0. The molecule has 4 nitrogen and oxygen atoms in total. The van der Waals surface area contributed by atoms with Gasteiger partial charge in [-0.05, 0) is 72.7 Å². The quantitative estimate of drug-likeness (QED) is 0.363. The molecule has 0 saturated heterocycles. The number of aryl methyl sites for hydroxylation is 2. The number of rotatable bonds is 4. The number of aliphatic carboxylic acids is 1. The number of hydrogen-bond acceptors (Lipinski definition) is 3. The van der Waals surface area contributed by atoms with E-state index in [1.54, 1.807) is 6.92 Å². The molecule has 0 aliphatic heterocycles. The Hall–Kier alpha value is -3.58. The van der Waals surface area contributed by atoms with Crippen molar-refractivity contribution in [3.8, 4) is 28.7 Å². The third kappa shape index (κ3) is 4.83. The molecule has 4 heteroatoms. The molecule has 146 valence electrons. The summed E-state index contributed by atoms with van der Waals surface area (Å²) in [6.07, 6.45) is 3.77. The third-order valence-corrected chi connectivity index (χ3v) is 4.78. The fraction of sp³-hybridized carbons (Fsp3) is 0.200. The number of esters is 1. The number of carboxylic acids is 1. The van der Waals surface area contributed by atoms with Crippen LogP contribution >= 0.6 is 0 Å². The summed E-state index contributed by atoms with van der Waals surface area (Å²) >= 11 is 0. The molecule has 1 N–H and O–H groups in total. The Morgan fingerprint density at radius 2 is 1.76 bits per heavy atom. The first-order chi connectivity index (χ1) is 13.8. The molecule has 2 aromatic carbocycles. The minimum Gasteiger partial charge on any atom is -0.478 e. The molecule has 0 radical (unpaired) electrons.